The molecule has 2 aromatic rings. The zero-order chi connectivity index (χ0) is 21.0. The van der Waals surface area contributed by atoms with E-state index in [9.17, 15) is 13.6 Å². The van der Waals surface area contributed by atoms with Gasteiger partial charge in [0.1, 0.15) is 11.6 Å². The highest BCUT2D eigenvalue weighted by Gasteiger charge is 2.35. The highest BCUT2D eigenvalue weighted by molar-refractivity contribution is 5.73. The quantitative estimate of drug-likeness (QED) is 0.673. The summed E-state index contributed by atoms with van der Waals surface area (Å²) in [5.74, 6) is 0.257. The molecule has 1 heterocycles. The maximum absolute atomic E-state index is 14.1. The lowest BCUT2D eigenvalue weighted by atomic mass is 9.88. The number of carbonyl (C=O) groups excluding carboxylic acids is 1. The van der Waals surface area contributed by atoms with Crippen molar-refractivity contribution in [2.75, 3.05) is 26.2 Å². The maximum Gasteiger partial charge on any atom is 0.219 e. The lowest BCUT2D eigenvalue weighted by molar-refractivity contribution is -0.130. The standard InChI is InChI=1S/C24H30F2N2O/c1-17(2)12-28(18(3)29)15-21-14-27(13-20-7-4-5-10-24(20)26)16-23(21)19-8-6-9-22(25)11-19/h4-11,17,21,23H,12-16H2,1-3H3/t21-,23+/m0/s1. The number of halogens is 2. The zero-order valence-electron chi connectivity index (χ0n) is 17.4. The van der Waals surface area contributed by atoms with E-state index >= 15 is 0 Å². The molecule has 0 aliphatic carbocycles. The van der Waals surface area contributed by atoms with Crippen LogP contribution in [0.25, 0.3) is 0 Å². The molecule has 0 N–H and O–H groups in total. The second kappa shape index (κ2) is 9.49. The van der Waals surface area contributed by atoms with Crippen LogP contribution in [0.3, 0.4) is 0 Å². The van der Waals surface area contributed by atoms with Gasteiger partial charge in [0.05, 0.1) is 0 Å². The molecule has 0 unspecified atom stereocenters. The summed E-state index contributed by atoms with van der Waals surface area (Å²) in [6.45, 7) is 9.11. The van der Waals surface area contributed by atoms with E-state index in [0.717, 1.165) is 18.7 Å². The van der Waals surface area contributed by atoms with Crippen molar-refractivity contribution >= 4 is 5.91 Å². The second-order valence-corrected chi connectivity index (χ2v) is 8.52. The maximum atomic E-state index is 14.1. The van der Waals surface area contributed by atoms with Crippen LogP contribution in [0.15, 0.2) is 48.5 Å². The Morgan fingerprint density at radius 2 is 1.90 bits per heavy atom. The largest absolute Gasteiger partial charge is 0.342 e. The average Bonchev–Trinajstić information content (AvgIpc) is 3.05. The Labute approximate surface area is 172 Å². The van der Waals surface area contributed by atoms with Crippen molar-refractivity contribution in [3.05, 3.63) is 71.3 Å². The molecule has 3 rings (SSSR count). The van der Waals surface area contributed by atoms with E-state index in [1.807, 2.05) is 17.0 Å². The van der Waals surface area contributed by atoms with Gasteiger partial charge in [-0.15, -0.1) is 0 Å². The summed E-state index contributed by atoms with van der Waals surface area (Å²) in [6.07, 6.45) is 0. The van der Waals surface area contributed by atoms with E-state index in [1.165, 1.54) is 12.1 Å². The average molecular weight is 401 g/mol. The van der Waals surface area contributed by atoms with Crippen LogP contribution in [0, 0.1) is 23.5 Å². The number of benzene rings is 2. The first-order valence-electron chi connectivity index (χ1n) is 10.3. The van der Waals surface area contributed by atoms with Gasteiger partial charge in [0.2, 0.25) is 5.91 Å². The normalized spacial score (nSPS) is 19.7. The number of likely N-dealkylation sites (tertiary alicyclic amines) is 1. The van der Waals surface area contributed by atoms with Gasteiger partial charge in [-0.25, -0.2) is 8.78 Å². The van der Waals surface area contributed by atoms with Crippen LogP contribution in [-0.4, -0.2) is 41.9 Å². The third-order valence-electron chi connectivity index (χ3n) is 5.63. The third-order valence-corrected chi connectivity index (χ3v) is 5.63. The fourth-order valence-electron chi connectivity index (χ4n) is 4.31. The van der Waals surface area contributed by atoms with Gasteiger partial charge in [-0.2, -0.15) is 0 Å². The Bertz CT molecular complexity index is 839. The predicted octanol–water partition coefficient (Wildman–Crippen LogP) is 4.68. The minimum absolute atomic E-state index is 0.0595. The van der Waals surface area contributed by atoms with E-state index < -0.39 is 0 Å². The summed E-state index contributed by atoms with van der Waals surface area (Å²) < 4.78 is 28.0. The van der Waals surface area contributed by atoms with Gasteiger partial charge in [-0.05, 0) is 35.6 Å². The minimum Gasteiger partial charge on any atom is -0.342 e. The van der Waals surface area contributed by atoms with Crippen LogP contribution < -0.4 is 0 Å². The van der Waals surface area contributed by atoms with E-state index in [1.54, 1.807) is 31.2 Å². The molecule has 1 aliphatic rings. The van der Waals surface area contributed by atoms with Crippen molar-refractivity contribution in [1.82, 2.24) is 9.80 Å². The van der Waals surface area contributed by atoms with Gasteiger partial charge in [0.25, 0.3) is 0 Å². The van der Waals surface area contributed by atoms with Crippen LogP contribution in [-0.2, 0) is 11.3 Å². The first-order valence-corrected chi connectivity index (χ1v) is 10.3. The van der Waals surface area contributed by atoms with Gasteiger partial charge in [-0.3, -0.25) is 9.69 Å². The summed E-state index contributed by atoms with van der Waals surface area (Å²) in [4.78, 5) is 16.3. The van der Waals surface area contributed by atoms with Crippen molar-refractivity contribution in [3.63, 3.8) is 0 Å². The third kappa shape index (κ3) is 5.63. The molecule has 5 heteroatoms. The van der Waals surface area contributed by atoms with Gasteiger partial charge >= 0.3 is 0 Å². The van der Waals surface area contributed by atoms with Crippen LogP contribution in [0.4, 0.5) is 8.78 Å². The topological polar surface area (TPSA) is 23.6 Å². The zero-order valence-corrected chi connectivity index (χ0v) is 17.4. The summed E-state index contributed by atoms with van der Waals surface area (Å²) in [5, 5.41) is 0. The molecule has 1 saturated heterocycles. The summed E-state index contributed by atoms with van der Waals surface area (Å²) in [7, 11) is 0. The number of rotatable bonds is 7. The smallest absolute Gasteiger partial charge is 0.219 e. The number of carbonyl (C=O) groups is 1. The van der Waals surface area contributed by atoms with Crippen LogP contribution >= 0.6 is 0 Å². The first-order chi connectivity index (χ1) is 13.8. The fourth-order valence-corrected chi connectivity index (χ4v) is 4.31. The molecule has 2 atom stereocenters. The molecule has 0 aromatic heterocycles. The second-order valence-electron chi connectivity index (χ2n) is 8.52. The molecular weight excluding hydrogens is 370 g/mol. The van der Waals surface area contributed by atoms with Crippen molar-refractivity contribution in [1.29, 1.82) is 0 Å². The molecule has 0 radical (unpaired) electrons. The lowest BCUT2D eigenvalue weighted by Gasteiger charge is -2.29. The van der Waals surface area contributed by atoms with E-state index in [4.69, 9.17) is 0 Å². The predicted molar refractivity (Wildman–Crippen MR) is 111 cm³/mol. The summed E-state index contributed by atoms with van der Waals surface area (Å²) in [6, 6.07) is 13.5. The Hall–Kier alpha value is -2.27. The van der Waals surface area contributed by atoms with Gasteiger partial charge < -0.3 is 4.90 Å². The highest BCUT2D eigenvalue weighted by Crippen LogP contribution is 2.34. The molecule has 0 bridgehead atoms. The first kappa shape index (κ1) is 21.4. The van der Waals surface area contributed by atoms with Gasteiger partial charge in [0, 0.05) is 51.1 Å². The molecule has 0 saturated carbocycles. The molecule has 1 amide bonds. The lowest BCUT2D eigenvalue weighted by Crippen LogP contribution is -2.38. The molecule has 156 valence electrons. The number of hydrogen-bond donors (Lipinski definition) is 0. The molecule has 0 spiro atoms. The molecule has 29 heavy (non-hydrogen) atoms. The Morgan fingerprint density at radius 3 is 2.55 bits per heavy atom. The minimum atomic E-state index is -0.251. The van der Waals surface area contributed by atoms with Crippen molar-refractivity contribution < 1.29 is 13.6 Å². The molecule has 2 aromatic carbocycles. The Balaban J connectivity index is 1.82. The molecule has 1 aliphatic heterocycles. The number of nitrogens with zero attached hydrogens (tertiary/aromatic N) is 2. The molecule has 3 nitrogen and oxygen atoms in total. The SMILES string of the molecule is CC(=O)N(CC(C)C)C[C@@H]1CN(Cc2ccccc2F)C[C@@H]1c1cccc(F)c1. The Morgan fingerprint density at radius 1 is 1.14 bits per heavy atom. The van der Waals surface area contributed by atoms with Crippen molar-refractivity contribution in [2.45, 2.75) is 33.2 Å². The van der Waals surface area contributed by atoms with Gasteiger partial charge in [-0.1, -0.05) is 44.2 Å². The number of hydrogen-bond acceptors (Lipinski definition) is 2. The molecule has 1 fully saturated rings. The van der Waals surface area contributed by atoms with Crippen LogP contribution in [0.2, 0.25) is 0 Å². The fraction of sp³-hybridized carbons (Fsp3) is 0.458. The van der Waals surface area contributed by atoms with E-state index in [2.05, 4.69) is 18.7 Å². The molecular formula is C24H30F2N2O. The number of amides is 1. The van der Waals surface area contributed by atoms with Crippen LogP contribution in [0.1, 0.15) is 37.8 Å². The van der Waals surface area contributed by atoms with E-state index in [0.29, 0.717) is 31.1 Å². The monoisotopic (exact) mass is 400 g/mol. The summed E-state index contributed by atoms with van der Waals surface area (Å²) in [5.41, 5.74) is 1.61. The summed E-state index contributed by atoms with van der Waals surface area (Å²) >= 11 is 0. The van der Waals surface area contributed by atoms with Gasteiger partial charge in [0.15, 0.2) is 0 Å². The van der Waals surface area contributed by atoms with Crippen molar-refractivity contribution in [3.8, 4) is 0 Å². The highest BCUT2D eigenvalue weighted by atomic mass is 19.1. The Kier molecular flexibility index (Phi) is 7.01. The van der Waals surface area contributed by atoms with E-state index in [-0.39, 0.29) is 29.4 Å². The van der Waals surface area contributed by atoms with Crippen molar-refractivity contribution in [2.24, 2.45) is 11.8 Å². The van der Waals surface area contributed by atoms with Crippen LogP contribution in [0.5, 0.6) is 0 Å².